The van der Waals surface area contributed by atoms with Crippen LogP contribution in [0.15, 0.2) is 18.2 Å². The number of hydrogen-bond donors (Lipinski definition) is 1. The molecule has 0 fully saturated rings. The number of halogens is 2. The van der Waals surface area contributed by atoms with E-state index in [-0.39, 0.29) is 12.4 Å². The molecule has 1 aromatic heterocycles. The summed E-state index contributed by atoms with van der Waals surface area (Å²) in [7, 11) is 1.75. The second kappa shape index (κ2) is 5.05. The summed E-state index contributed by atoms with van der Waals surface area (Å²) >= 11 is 1.20. The number of rotatable bonds is 4. The summed E-state index contributed by atoms with van der Waals surface area (Å²) in [5, 5.41) is 7.55. The van der Waals surface area contributed by atoms with Crippen molar-refractivity contribution in [1.82, 2.24) is 9.59 Å². The molecule has 1 N–H and O–H groups in total. The van der Waals surface area contributed by atoms with Crippen LogP contribution in [0.25, 0.3) is 0 Å². The number of nitrogens with one attached hydrogen (secondary N) is 1. The molecule has 0 amide bonds. The zero-order valence-corrected chi connectivity index (χ0v) is 9.72. The van der Waals surface area contributed by atoms with E-state index in [0.29, 0.717) is 5.69 Å². The van der Waals surface area contributed by atoms with E-state index in [9.17, 15) is 8.78 Å². The number of hydrogen-bond acceptors (Lipinski definition) is 5. The van der Waals surface area contributed by atoms with Crippen molar-refractivity contribution in [2.45, 2.75) is 6.61 Å². The summed E-state index contributed by atoms with van der Waals surface area (Å²) in [6.45, 7) is 0.151. The Morgan fingerprint density at radius 1 is 1.35 bits per heavy atom. The monoisotopic (exact) mass is 257 g/mol. The number of anilines is 1. The molecular weight excluding hydrogens is 248 g/mol. The van der Waals surface area contributed by atoms with Crippen molar-refractivity contribution in [1.29, 1.82) is 0 Å². The second-order valence-electron chi connectivity index (χ2n) is 3.16. The Bertz CT molecular complexity index is 518. The van der Waals surface area contributed by atoms with Gasteiger partial charge in [0.1, 0.15) is 23.1 Å². The van der Waals surface area contributed by atoms with Gasteiger partial charge in [-0.05, 0) is 12.1 Å². The summed E-state index contributed by atoms with van der Waals surface area (Å²) in [5.41, 5.74) is 0.627. The lowest BCUT2D eigenvalue weighted by Gasteiger charge is -2.05. The van der Waals surface area contributed by atoms with Gasteiger partial charge in [0, 0.05) is 24.6 Å². The molecule has 0 aliphatic rings. The van der Waals surface area contributed by atoms with Gasteiger partial charge in [0.05, 0.1) is 0 Å². The van der Waals surface area contributed by atoms with E-state index in [1.807, 2.05) is 0 Å². The molecule has 4 nitrogen and oxygen atoms in total. The first-order valence-corrected chi connectivity index (χ1v) is 5.55. The van der Waals surface area contributed by atoms with Crippen molar-refractivity contribution < 1.29 is 13.5 Å². The molecule has 7 heteroatoms. The minimum absolute atomic E-state index is 0.151. The number of benzene rings is 1. The predicted molar refractivity (Wildman–Crippen MR) is 60.1 cm³/mol. The third kappa shape index (κ3) is 2.68. The van der Waals surface area contributed by atoms with Gasteiger partial charge < -0.3 is 10.1 Å². The van der Waals surface area contributed by atoms with Crippen molar-refractivity contribution in [2.75, 3.05) is 12.4 Å². The lowest BCUT2D eigenvalue weighted by atomic mass is 10.3. The molecule has 1 aromatic carbocycles. The lowest BCUT2D eigenvalue weighted by molar-refractivity contribution is 0.299. The summed E-state index contributed by atoms with van der Waals surface area (Å²) in [5.74, 6) is -1.59. The van der Waals surface area contributed by atoms with Crippen LogP contribution in [-0.2, 0) is 6.61 Å². The molecule has 2 rings (SSSR count). The molecular formula is C10H9F2N3OS. The maximum atomic E-state index is 12.9. The van der Waals surface area contributed by atoms with Gasteiger partial charge in [-0.1, -0.05) is 4.49 Å². The molecule has 2 aromatic rings. The largest absolute Gasteiger partial charge is 0.487 e. The van der Waals surface area contributed by atoms with E-state index in [2.05, 4.69) is 14.9 Å². The molecule has 17 heavy (non-hydrogen) atoms. The number of ether oxygens (including phenoxy) is 1. The minimum Gasteiger partial charge on any atom is -0.487 e. The average molecular weight is 257 g/mol. The van der Waals surface area contributed by atoms with Gasteiger partial charge in [-0.15, -0.1) is 5.10 Å². The topological polar surface area (TPSA) is 47.0 Å². The van der Waals surface area contributed by atoms with Crippen molar-refractivity contribution in [3.05, 3.63) is 35.5 Å². The maximum Gasteiger partial charge on any atom is 0.162 e. The van der Waals surface area contributed by atoms with Gasteiger partial charge in [0.15, 0.2) is 11.6 Å². The van der Waals surface area contributed by atoms with Crippen LogP contribution >= 0.6 is 11.5 Å². The predicted octanol–water partition coefficient (Wildman–Crippen LogP) is 2.44. The van der Waals surface area contributed by atoms with Gasteiger partial charge in [-0.2, -0.15) is 0 Å². The first kappa shape index (κ1) is 11.7. The highest BCUT2D eigenvalue weighted by Gasteiger charge is 2.08. The molecule has 0 saturated carbocycles. The van der Waals surface area contributed by atoms with Crippen LogP contribution in [0, 0.1) is 11.6 Å². The fourth-order valence-corrected chi connectivity index (χ4v) is 1.73. The quantitative estimate of drug-likeness (QED) is 0.913. The average Bonchev–Trinajstić information content (AvgIpc) is 2.78. The third-order valence-electron chi connectivity index (χ3n) is 2.05. The SMILES string of the molecule is CNc1snnc1COc1ccc(F)c(F)c1. The third-order valence-corrected chi connectivity index (χ3v) is 2.84. The van der Waals surface area contributed by atoms with Crippen molar-refractivity contribution >= 4 is 16.5 Å². The van der Waals surface area contributed by atoms with E-state index < -0.39 is 11.6 Å². The Hall–Kier alpha value is -1.76. The Balaban J connectivity index is 2.05. The standard InChI is InChI=1S/C10H9F2N3OS/c1-13-10-9(14-15-17-10)5-16-6-2-3-7(11)8(12)4-6/h2-4,13H,5H2,1H3. The fraction of sp³-hybridized carbons (Fsp3) is 0.200. The molecule has 0 saturated heterocycles. The van der Waals surface area contributed by atoms with E-state index in [4.69, 9.17) is 4.74 Å². The zero-order chi connectivity index (χ0) is 12.3. The van der Waals surface area contributed by atoms with Crippen LogP contribution in [0.2, 0.25) is 0 Å². The molecule has 0 radical (unpaired) electrons. The second-order valence-corrected chi connectivity index (χ2v) is 3.92. The summed E-state index contributed by atoms with van der Waals surface area (Å²) in [4.78, 5) is 0. The van der Waals surface area contributed by atoms with Crippen LogP contribution < -0.4 is 10.1 Å². The highest BCUT2D eigenvalue weighted by atomic mass is 32.1. The Morgan fingerprint density at radius 3 is 2.88 bits per heavy atom. The highest BCUT2D eigenvalue weighted by molar-refractivity contribution is 7.10. The van der Waals surface area contributed by atoms with Crippen LogP contribution in [0.4, 0.5) is 13.8 Å². The molecule has 90 valence electrons. The molecule has 0 spiro atoms. The molecule has 0 bridgehead atoms. The molecule has 1 heterocycles. The van der Waals surface area contributed by atoms with Crippen LogP contribution in [0.5, 0.6) is 5.75 Å². The van der Waals surface area contributed by atoms with Crippen molar-refractivity contribution in [2.24, 2.45) is 0 Å². The molecule has 0 unspecified atom stereocenters. The molecule has 0 aliphatic heterocycles. The van der Waals surface area contributed by atoms with Gasteiger partial charge >= 0.3 is 0 Å². The van der Waals surface area contributed by atoms with Crippen molar-refractivity contribution in [3.63, 3.8) is 0 Å². The van der Waals surface area contributed by atoms with Crippen LogP contribution in [-0.4, -0.2) is 16.6 Å². The Kier molecular flexibility index (Phi) is 3.48. The zero-order valence-electron chi connectivity index (χ0n) is 8.91. The summed E-state index contributed by atoms with van der Waals surface area (Å²) in [6.07, 6.45) is 0. The van der Waals surface area contributed by atoms with E-state index >= 15 is 0 Å². The van der Waals surface area contributed by atoms with Gasteiger partial charge in [0.2, 0.25) is 0 Å². The summed E-state index contributed by atoms with van der Waals surface area (Å²) in [6, 6.07) is 3.37. The maximum absolute atomic E-state index is 12.9. The van der Waals surface area contributed by atoms with E-state index in [0.717, 1.165) is 17.1 Å². The number of aromatic nitrogens is 2. The Labute approximate surface area is 100 Å². The normalized spacial score (nSPS) is 10.3. The molecule has 0 aliphatic carbocycles. The first-order chi connectivity index (χ1) is 8.20. The van der Waals surface area contributed by atoms with E-state index in [1.54, 1.807) is 7.05 Å². The first-order valence-electron chi connectivity index (χ1n) is 4.77. The lowest BCUT2D eigenvalue weighted by Crippen LogP contribution is -2.00. The number of nitrogens with zero attached hydrogens (tertiary/aromatic N) is 2. The highest BCUT2D eigenvalue weighted by Crippen LogP contribution is 2.20. The van der Waals surface area contributed by atoms with Crippen LogP contribution in [0.3, 0.4) is 0 Å². The fourth-order valence-electron chi connectivity index (χ4n) is 1.21. The smallest absolute Gasteiger partial charge is 0.162 e. The summed E-state index contributed by atoms with van der Waals surface area (Å²) < 4.78 is 34.6. The van der Waals surface area contributed by atoms with Gasteiger partial charge in [-0.3, -0.25) is 0 Å². The van der Waals surface area contributed by atoms with Gasteiger partial charge in [-0.25, -0.2) is 8.78 Å². The van der Waals surface area contributed by atoms with Crippen LogP contribution in [0.1, 0.15) is 5.69 Å². The minimum atomic E-state index is -0.937. The van der Waals surface area contributed by atoms with Gasteiger partial charge in [0.25, 0.3) is 0 Å². The Morgan fingerprint density at radius 2 is 2.18 bits per heavy atom. The van der Waals surface area contributed by atoms with E-state index in [1.165, 1.54) is 17.6 Å². The van der Waals surface area contributed by atoms with Crippen molar-refractivity contribution in [3.8, 4) is 5.75 Å². The molecule has 0 atom stereocenters.